The van der Waals surface area contributed by atoms with E-state index < -0.39 is 15.3 Å². The molecule has 1 N–H and O–H groups in total. The van der Waals surface area contributed by atoms with Gasteiger partial charge in [-0.3, -0.25) is 4.79 Å². The van der Waals surface area contributed by atoms with E-state index in [9.17, 15) is 13.2 Å². The summed E-state index contributed by atoms with van der Waals surface area (Å²) >= 11 is 12.3. The number of amides is 1. The Balaban J connectivity index is 1.83. The molecule has 0 aliphatic heterocycles. The van der Waals surface area contributed by atoms with Gasteiger partial charge >= 0.3 is 0 Å². The molecule has 1 atom stereocenters. The summed E-state index contributed by atoms with van der Waals surface area (Å²) in [6.45, 7) is 3.84. The molecule has 166 valence electrons. The zero-order chi connectivity index (χ0) is 22.0. The largest absolute Gasteiger partial charge is 0.350 e. The fourth-order valence-corrected chi connectivity index (χ4v) is 6.88. The van der Waals surface area contributed by atoms with E-state index in [1.165, 1.54) is 19.1 Å². The fraction of sp³-hybridized carbons (Fsp3) is 0.609. The molecule has 2 saturated carbocycles. The first-order chi connectivity index (χ1) is 14.1. The Hall–Kier alpha value is -1.04. The summed E-state index contributed by atoms with van der Waals surface area (Å²) in [5.74, 6) is 0.532. The Morgan fingerprint density at radius 3 is 2.47 bits per heavy atom. The van der Waals surface area contributed by atoms with Crippen LogP contribution in [0.1, 0.15) is 63.4 Å². The Labute approximate surface area is 190 Å². The Morgan fingerprint density at radius 2 is 1.93 bits per heavy atom. The molecule has 2 aliphatic rings. The van der Waals surface area contributed by atoms with Crippen LogP contribution in [0.3, 0.4) is 0 Å². The summed E-state index contributed by atoms with van der Waals surface area (Å²) in [6, 6.07) is 5.21. The Kier molecular flexibility index (Phi) is 7.26. The van der Waals surface area contributed by atoms with E-state index in [2.05, 4.69) is 11.9 Å². The maximum absolute atomic E-state index is 13.0. The van der Waals surface area contributed by atoms with Crippen molar-refractivity contribution in [3.05, 3.63) is 46.5 Å². The van der Waals surface area contributed by atoms with Gasteiger partial charge in [-0.1, -0.05) is 48.2 Å². The first kappa shape index (κ1) is 23.6. The Bertz CT molecular complexity index is 905. The summed E-state index contributed by atoms with van der Waals surface area (Å²) in [6.07, 6.45) is 10.8. The third-order valence-electron chi connectivity index (χ3n) is 6.68. The van der Waals surface area contributed by atoms with Crippen molar-refractivity contribution in [3.8, 4) is 0 Å². The number of benzene rings is 1. The molecule has 0 heterocycles. The van der Waals surface area contributed by atoms with Crippen LogP contribution in [0.5, 0.6) is 0 Å². The van der Waals surface area contributed by atoms with Crippen LogP contribution in [0, 0.1) is 5.92 Å². The number of halogens is 2. The maximum atomic E-state index is 13.0. The molecule has 2 aliphatic carbocycles. The number of nitrogens with one attached hydrogen (secondary N) is 1. The van der Waals surface area contributed by atoms with E-state index in [0.29, 0.717) is 28.8 Å². The van der Waals surface area contributed by atoms with Gasteiger partial charge in [-0.05, 0) is 62.1 Å². The summed E-state index contributed by atoms with van der Waals surface area (Å²) in [4.78, 5) is 13.0. The van der Waals surface area contributed by atoms with E-state index in [-0.39, 0.29) is 23.6 Å². The lowest BCUT2D eigenvalue weighted by Gasteiger charge is -2.35. The maximum Gasteiger partial charge on any atom is 0.220 e. The molecular formula is C23H31Cl2NO3S. The number of allylic oxidation sites excluding steroid dienone is 1. The summed E-state index contributed by atoms with van der Waals surface area (Å²) < 4.78 is 24.6. The molecule has 0 spiro atoms. The highest BCUT2D eigenvalue weighted by Gasteiger charge is 2.47. The second-order valence-electron chi connectivity index (χ2n) is 9.16. The van der Waals surface area contributed by atoms with E-state index in [1.807, 2.05) is 6.07 Å². The van der Waals surface area contributed by atoms with Crippen LogP contribution < -0.4 is 5.32 Å². The molecule has 2 fully saturated rings. The number of sulfone groups is 1. The number of hydrogen-bond acceptors (Lipinski definition) is 3. The molecule has 0 saturated heterocycles. The van der Waals surface area contributed by atoms with E-state index in [4.69, 9.17) is 23.2 Å². The highest BCUT2D eigenvalue weighted by molar-refractivity contribution is 7.90. The second-order valence-corrected chi connectivity index (χ2v) is 12.1. The minimum absolute atomic E-state index is 0.00537. The molecule has 30 heavy (non-hydrogen) atoms. The lowest BCUT2D eigenvalue weighted by molar-refractivity contribution is -0.123. The van der Waals surface area contributed by atoms with Crippen molar-refractivity contribution in [2.45, 2.75) is 68.7 Å². The molecular weight excluding hydrogens is 441 g/mol. The number of carbonyl (C=O) groups is 1. The van der Waals surface area contributed by atoms with Crippen molar-refractivity contribution in [1.29, 1.82) is 0 Å². The van der Waals surface area contributed by atoms with Crippen LogP contribution in [0.2, 0.25) is 10.0 Å². The zero-order valence-corrected chi connectivity index (χ0v) is 19.9. The van der Waals surface area contributed by atoms with Crippen LogP contribution in [-0.2, 0) is 20.0 Å². The van der Waals surface area contributed by atoms with Gasteiger partial charge < -0.3 is 5.32 Å². The van der Waals surface area contributed by atoms with Crippen molar-refractivity contribution >= 4 is 38.9 Å². The third-order valence-corrected chi connectivity index (χ3v) is 8.50. The van der Waals surface area contributed by atoms with Gasteiger partial charge in [0.25, 0.3) is 0 Å². The monoisotopic (exact) mass is 471 g/mol. The van der Waals surface area contributed by atoms with Crippen molar-refractivity contribution in [2.24, 2.45) is 5.92 Å². The Morgan fingerprint density at radius 1 is 1.27 bits per heavy atom. The van der Waals surface area contributed by atoms with Gasteiger partial charge in [0.1, 0.15) is 9.84 Å². The molecule has 7 heteroatoms. The van der Waals surface area contributed by atoms with Crippen molar-refractivity contribution in [2.75, 3.05) is 12.0 Å². The predicted molar refractivity (Wildman–Crippen MR) is 124 cm³/mol. The van der Waals surface area contributed by atoms with Crippen molar-refractivity contribution in [3.63, 3.8) is 0 Å². The predicted octanol–water partition coefficient (Wildman–Crippen LogP) is 5.47. The van der Waals surface area contributed by atoms with Gasteiger partial charge in [0.2, 0.25) is 5.91 Å². The summed E-state index contributed by atoms with van der Waals surface area (Å²) in [5, 5.41) is 4.13. The highest BCUT2D eigenvalue weighted by atomic mass is 35.5. The number of hydrogen-bond donors (Lipinski definition) is 1. The van der Waals surface area contributed by atoms with Gasteiger partial charge in [0, 0.05) is 23.6 Å². The minimum Gasteiger partial charge on any atom is -0.350 e. The molecule has 1 aromatic rings. The lowest BCUT2D eigenvalue weighted by atomic mass is 9.75. The first-order valence-corrected chi connectivity index (χ1v) is 13.5. The van der Waals surface area contributed by atoms with Crippen LogP contribution in [0.4, 0.5) is 0 Å². The van der Waals surface area contributed by atoms with E-state index in [1.54, 1.807) is 18.2 Å². The van der Waals surface area contributed by atoms with Gasteiger partial charge in [-0.15, -0.1) is 6.58 Å². The summed E-state index contributed by atoms with van der Waals surface area (Å²) in [7, 11) is -3.32. The standard InChI is InChI=1S/C23H31Cl2NO3S/c1-3-11-22(16-30(2,28)29,18-8-9-19(24)20(25)15-18)14-10-21(27)26-23(17-6-7-17)12-4-5-13-23/h3,8-9,15,17H,1,4-7,10-14,16H2,2H3,(H,26,27)/t22-/m0/s1. The van der Waals surface area contributed by atoms with Gasteiger partial charge in [-0.2, -0.15) is 0 Å². The molecule has 0 bridgehead atoms. The lowest BCUT2D eigenvalue weighted by Crippen LogP contribution is -2.48. The second kappa shape index (κ2) is 9.22. The zero-order valence-electron chi connectivity index (χ0n) is 17.6. The molecule has 0 unspecified atom stereocenters. The van der Waals surface area contributed by atoms with Gasteiger partial charge in [-0.25, -0.2) is 8.42 Å². The molecule has 0 aromatic heterocycles. The smallest absolute Gasteiger partial charge is 0.220 e. The van der Waals surface area contributed by atoms with Crippen molar-refractivity contribution in [1.82, 2.24) is 5.32 Å². The topological polar surface area (TPSA) is 63.2 Å². The van der Waals surface area contributed by atoms with Crippen molar-refractivity contribution < 1.29 is 13.2 Å². The van der Waals surface area contributed by atoms with Gasteiger partial charge in [0.15, 0.2) is 0 Å². The number of carbonyl (C=O) groups excluding carboxylic acids is 1. The SMILES string of the molecule is C=CC[C@](CCC(=O)NC1(C2CC2)CCCC1)(CS(C)(=O)=O)c1ccc(Cl)c(Cl)c1. The number of rotatable bonds is 10. The van der Waals surface area contributed by atoms with Gasteiger partial charge in [0.05, 0.1) is 15.8 Å². The van der Waals surface area contributed by atoms with Crippen LogP contribution in [0.15, 0.2) is 30.9 Å². The average Bonchev–Trinajstić information content (AvgIpc) is 3.42. The molecule has 0 radical (unpaired) electrons. The van der Waals surface area contributed by atoms with Crippen LogP contribution in [-0.4, -0.2) is 31.9 Å². The average molecular weight is 472 g/mol. The quantitative estimate of drug-likeness (QED) is 0.460. The minimum atomic E-state index is -3.32. The molecule has 1 aromatic carbocycles. The van der Waals surface area contributed by atoms with E-state index >= 15 is 0 Å². The van der Waals surface area contributed by atoms with Crippen LogP contribution in [0.25, 0.3) is 0 Å². The van der Waals surface area contributed by atoms with E-state index in [0.717, 1.165) is 31.2 Å². The molecule has 1 amide bonds. The normalized spacial score (nSPS) is 20.5. The molecule has 3 rings (SSSR count). The third kappa shape index (κ3) is 5.60. The molecule has 4 nitrogen and oxygen atoms in total. The van der Waals surface area contributed by atoms with Crippen LogP contribution >= 0.6 is 23.2 Å². The highest BCUT2D eigenvalue weighted by Crippen LogP contribution is 2.48. The first-order valence-electron chi connectivity index (χ1n) is 10.6. The fourth-order valence-electron chi connectivity index (χ4n) is 5.15. The summed E-state index contributed by atoms with van der Waals surface area (Å²) in [5.41, 5.74) is -0.0464.